The van der Waals surface area contributed by atoms with Crippen LogP contribution in [0.4, 0.5) is 15.6 Å². The van der Waals surface area contributed by atoms with Crippen LogP contribution in [0.15, 0.2) is 36.1 Å². The Balaban J connectivity index is 1.40. The number of carbonyl (C=O) groups is 1. The highest BCUT2D eigenvalue weighted by atomic mass is 32.1. The molecule has 2 N–H and O–H groups in total. The quantitative estimate of drug-likeness (QED) is 0.909. The maximum absolute atomic E-state index is 11.8. The number of urea groups is 1. The molecule has 6 nitrogen and oxygen atoms in total. The van der Waals surface area contributed by atoms with Gasteiger partial charge in [0.05, 0.1) is 11.2 Å². The van der Waals surface area contributed by atoms with Crippen LogP contribution in [0.5, 0.6) is 0 Å². The molecule has 1 fully saturated rings. The summed E-state index contributed by atoms with van der Waals surface area (Å²) >= 11 is 1.52. The van der Waals surface area contributed by atoms with Gasteiger partial charge in [-0.3, -0.25) is 10.3 Å². The summed E-state index contributed by atoms with van der Waals surface area (Å²) in [6, 6.07) is 3.69. The van der Waals surface area contributed by atoms with Gasteiger partial charge in [0.25, 0.3) is 0 Å². The summed E-state index contributed by atoms with van der Waals surface area (Å²) < 4.78 is 0. The minimum absolute atomic E-state index is 0.126. The molecular weight excluding hydrogens is 298 g/mol. The van der Waals surface area contributed by atoms with Crippen molar-refractivity contribution in [2.24, 2.45) is 5.92 Å². The molecule has 2 amide bonds. The second kappa shape index (κ2) is 7.22. The fourth-order valence-electron chi connectivity index (χ4n) is 2.56. The van der Waals surface area contributed by atoms with Crippen LogP contribution in [-0.2, 0) is 0 Å². The van der Waals surface area contributed by atoms with Crippen LogP contribution in [0.25, 0.3) is 0 Å². The van der Waals surface area contributed by atoms with Crippen molar-refractivity contribution in [3.05, 3.63) is 36.1 Å². The first kappa shape index (κ1) is 14.8. The first-order chi connectivity index (χ1) is 10.8. The standard InChI is InChI=1S/C15H19N5OS/c21-15(19-14-2-1-9-22-14)18-10-12-3-7-20(8-4-12)13-11-16-5-6-17-13/h1-2,5-6,9,11-12H,3-4,7-8,10H2,(H2,18,19,21). The number of hydrogen-bond donors (Lipinski definition) is 2. The zero-order chi connectivity index (χ0) is 15.2. The van der Waals surface area contributed by atoms with Crippen LogP contribution in [-0.4, -0.2) is 35.6 Å². The molecule has 3 heterocycles. The van der Waals surface area contributed by atoms with Gasteiger partial charge in [0.1, 0.15) is 5.82 Å². The molecule has 1 aliphatic rings. The summed E-state index contributed by atoms with van der Waals surface area (Å²) in [6.45, 7) is 2.63. The van der Waals surface area contributed by atoms with Crippen molar-refractivity contribution in [2.45, 2.75) is 12.8 Å². The topological polar surface area (TPSA) is 70.2 Å². The van der Waals surface area contributed by atoms with Crippen LogP contribution >= 0.6 is 11.3 Å². The lowest BCUT2D eigenvalue weighted by Gasteiger charge is -2.32. The number of hydrogen-bond acceptors (Lipinski definition) is 5. The van der Waals surface area contributed by atoms with Gasteiger partial charge < -0.3 is 10.2 Å². The van der Waals surface area contributed by atoms with Crippen molar-refractivity contribution in [1.82, 2.24) is 15.3 Å². The van der Waals surface area contributed by atoms with Crippen molar-refractivity contribution in [1.29, 1.82) is 0 Å². The molecule has 0 spiro atoms. The Morgan fingerprint density at radius 2 is 2.23 bits per heavy atom. The van der Waals surface area contributed by atoms with E-state index in [9.17, 15) is 4.79 Å². The van der Waals surface area contributed by atoms with Crippen molar-refractivity contribution >= 4 is 28.2 Å². The van der Waals surface area contributed by atoms with Gasteiger partial charge in [-0.1, -0.05) is 0 Å². The lowest BCUT2D eigenvalue weighted by atomic mass is 9.97. The molecule has 7 heteroatoms. The van der Waals surface area contributed by atoms with Gasteiger partial charge in [0.15, 0.2) is 0 Å². The highest BCUT2D eigenvalue weighted by Crippen LogP contribution is 2.20. The van der Waals surface area contributed by atoms with Crippen LogP contribution in [0, 0.1) is 5.92 Å². The van der Waals surface area contributed by atoms with Crippen LogP contribution in [0.1, 0.15) is 12.8 Å². The van der Waals surface area contributed by atoms with Gasteiger partial charge in [-0.25, -0.2) is 9.78 Å². The highest BCUT2D eigenvalue weighted by Gasteiger charge is 2.20. The van der Waals surface area contributed by atoms with Crippen molar-refractivity contribution in [3.63, 3.8) is 0 Å². The molecule has 0 unspecified atom stereocenters. The van der Waals surface area contributed by atoms with E-state index in [0.29, 0.717) is 12.5 Å². The second-order valence-corrected chi connectivity index (χ2v) is 6.25. The lowest BCUT2D eigenvalue weighted by molar-refractivity contribution is 0.248. The molecule has 2 aromatic rings. The fourth-order valence-corrected chi connectivity index (χ4v) is 3.18. The average Bonchev–Trinajstić information content (AvgIpc) is 3.07. The Kier molecular flexibility index (Phi) is 4.85. The summed E-state index contributed by atoms with van der Waals surface area (Å²) in [5, 5.41) is 8.60. The zero-order valence-corrected chi connectivity index (χ0v) is 13.1. The predicted octanol–water partition coefficient (Wildman–Crippen LogP) is 2.58. The Labute approximate surface area is 133 Å². The molecule has 0 atom stereocenters. The van der Waals surface area contributed by atoms with Gasteiger partial charge in [0, 0.05) is 32.0 Å². The monoisotopic (exact) mass is 317 g/mol. The van der Waals surface area contributed by atoms with E-state index in [2.05, 4.69) is 25.5 Å². The second-order valence-electron chi connectivity index (χ2n) is 5.31. The van der Waals surface area contributed by atoms with E-state index in [-0.39, 0.29) is 6.03 Å². The third-order valence-electron chi connectivity index (χ3n) is 3.80. The molecule has 0 saturated carbocycles. The van der Waals surface area contributed by atoms with E-state index in [1.807, 2.05) is 17.5 Å². The van der Waals surface area contributed by atoms with E-state index in [0.717, 1.165) is 36.8 Å². The number of anilines is 2. The van der Waals surface area contributed by atoms with Crippen molar-refractivity contribution < 1.29 is 4.79 Å². The SMILES string of the molecule is O=C(NCC1CCN(c2cnccn2)CC1)Nc1cccs1. The van der Waals surface area contributed by atoms with Crippen molar-refractivity contribution in [2.75, 3.05) is 29.9 Å². The molecule has 1 aliphatic heterocycles. The number of carbonyl (C=O) groups excluding carboxylic acids is 1. The Morgan fingerprint density at radius 1 is 1.36 bits per heavy atom. The van der Waals surface area contributed by atoms with Gasteiger partial charge in [0.2, 0.25) is 0 Å². The van der Waals surface area contributed by atoms with Crippen molar-refractivity contribution in [3.8, 4) is 0 Å². The van der Waals surface area contributed by atoms with Crippen LogP contribution in [0.3, 0.4) is 0 Å². The summed E-state index contributed by atoms with van der Waals surface area (Å²) in [7, 11) is 0. The smallest absolute Gasteiger partial charge is 0.319 e. The molecule has 0 radical (unpaired) electrons. The molecule has 2 aromatic heterocycles. The minimum atomic E-state index is -0.126. The predicted molar refractivity (Wildman–Crippen MR) is 88.3 cm³/mol. The summed E-state index contributed by atoms with van der Waals surface area (Å²) in [5.41, 5.74) is 0. The summed E-state index contributed by atoms with van der Waals surface area (Å²) in [5.74, 6) is 1.45. The highest BCUT2D eigenvalue weighted by molar-refractivity contribution is 7.14. The van der Waals surface area contributed by atoms with E-state index in [1.54, 1.807) is 18.6 Å². The number of rotatable bonds is 4. The van der Waals surface area contributed by atoms with Gasteiger partial charge in [-0.15, -0.1) is 11.3 Å². The molecule has 0 aromatic carbocycles. The van der Waals surface area contributed by atoms with E-state index < -0.39 is 0 Å². The first-order valence-electron chi connectivity index (χ1n) is 7.40. The molecule has 116 valence electrons. The minimum Gasteiger partial charge on any atom is -0.355 e. The summed E-state index contributed by atoms with van der Waals surface area (Å²) in [4.78, 5) is 22.5. The Hall–Kier alpha value is -2.15. The first-order valence-corrected chi connectivity index (χ1v) is 8.28. The number of thiophene rings is 1. The van der Waals surface area contributed by atoms with E-state index in [1.165, 1.54) is 11.3 Å². The molecule has 3 rings (SSSR count). The van der Waals surface area contributed by atoms with Gasteiger partial charge in [-0.2, -0.15) is 0 Å². The number of nitrogens with zero attached hydrogens (tertiary/aromatic N) is 3. The molecular formula is C15H19N5OS. The number of piperidine rings is 1. The maximum atomic E-state index is 11.8. The summed E-state index contributed by atoms with van der Waals surface area (Å²) in [6.07, 6.45) is 7.31. The molecule has 0 aliphatic carbocycles. The van der Waals surface area contributed by atoms with E-state index in [4.69, 9.17) is 0 Å². The number of amides is 2. The fraction of sp³-hybridized carbons (Fsp3) is 0.400. The number of nitrogens with one attached hydrogen (secondary N) is 2. The third-order valence-corrected chi connectivity index (χ3v) is 4.58. The average molecular weight is 317 g/mol. The normalized spacial score (nSPS) is 15.5. The Morgan fingerprint density at radius 3 is 2.91 bits per heavy atom. The van der Waals surface area contributed by atoms with E-state index >= 15 is 0 Å². The Bertz CT molecular complexity index is 581. The van der Waals surface area contributed by atoms with Crippen LogP contribution in [0.2, 0.25) is 0 Å². The largest absolute Gasteiger partial charge is 0.355 e. The maximum Gasteiger partial charge on any atom is 0.319 e. The lowest BCUT2D eigenvalue weighted by Crippen LogP contribution is -2.40. The van der Waals surface area contributed by atoms with Gasteiger partial charge in [-0.05, 0) is 36.3 Å². The zero-order valence-electron chi connectivity index (χ0n) is 12.2. The molecule has 1 saturated heterocycles. The molecule has 22 heavy (non-hydrogen) atoms. The number of aromatic nitrogens is 2. The van der Waals surface area contributed by atoms with Crippen LogP contribution < -0.4 is 15.5 Å². The van der Waals surface area contributed by atoms with Gasteiger partial charge >= 0.3 is 6.03 Å². The molecule has 0 bridgehead atoms. The third kappa shape index (κ3) is 3.94.